The van der Waals surface area contributed by atoms with E-state index in [1.165, 1.54) is 0 Å². The molecule has 0 spiro atoms. The zero-order chi connectivity index (χ0) is 14.8. The Morgan fingerprint density at radius 3 is 2.45 bits per heavy atom. The number of ether oxygens (including phenoxy) is 3. The van der Waals surface area contributed by atoms with E-state index in [0.29, 0.717) is 24.3 Å². The molecule has 0 aliphatic carbocycles. The van der Waals surface area contributed by atoms with Crippen LogP contribution < -0.4 is 14.4 Å². The zero-order valence-corrected chi connectivity index (χ0v) is 13.8. The standard InChI is InChI=1S/C13H20BrN3O3/c1-13(2)8-17(7-9(6-14)20-13)12-15-10(18-3)5-11(16-12)19-4/h5,9H,6-8H2,1-4H3. The van der Waals surface area contributed by atoms with Crippen LogP contribution in [0.4, 0.5) is 5.95 Å². The molecular weight excluding hydrogens is 326 g/mol. The molecule has 0 N–H and O–H groups in total. The number of alkyl halides is 1. The second-order valence-corrected chi connectivity index (χ2v) is 5.93. The fourth-order valence-electron chi connectivity index (χ4n) is 2.27. The average molecular weight is 346 g/mol. The highest BCUT2D eigenvalue weighted by atomic mass is 79.9. The first-order chi connectivity index (χ1) is 9.47. The summed E-state index contributed by atoms with van der Waals surface area (Å²) in [6, 6.07) is 1.66. The predicted molar refractivity (Wildman–Crippen MR) is 80.1 cm³/mol. The van der Waals surface area contributed by atoms with Gasteiger partial charge in [-0.15, -0.1) is 0 Å². The molecule has 1 aliphatic heterocycles. The van der Waals surface area contributed by atoms with Crippen molar-refractivity contribution in [2.75, 3.05) is 37.5 Å². The van der Waals surface area contributed by atoms with Crippen LogP contribution in [0.5, 0.6) is 11.8 Å². The molecule has 0 saturated carbocycles. The summed E-state index contributed by atoms with van der Waals surface area (Å²) in [4.78, 5) is 10.9. The molecule has 20 heavy (non-hydrogen) atoms. The van der Waals surface area contributed by atoms with E-state index in [9.17, 15) is 0 Å². The van der Waals surface area contributed by atoms with Crippen molar-refractivity contribution >= 4 is 21.9 Å². The van der Waals surface area contributed by atoms with Crippen LogP contribution in [0.1, 0.15) is 13.8 Å². The van der Waals surface area contributed by atoms with Gasteiger partial charge in [-0.25, -0.2) is 0 Å². The van der Waals surface area contributed by atoms with Gasteiger partial charge in [0.2, 0.25) is 17.7 Å². The SMILES string of the molecule is COc1cc(OC)nc(N2CC(CBr)OC(C)(C)C2)n1. The highest BCUT2D eigenvalue weighted by Crippen LogP contribution is 2.27. The molecule has 6 nitrogen and oxygen atoms in total. The number of methoxy groups -OCH3 is 2. The van der Waals surface area contributed by atoms with Crippen molar-refractivity contribution in [1.82, 2.24) is 9.97 Å². The Labute approximate surface area is 127 Å². The Hall–Kier alpha value is -1.08. The maximum absolute atomic E-state index is 5.98. The number of hydrogen-bond acceptors (Lipinski definition) is 6. The largest absolute Gasteiger partial charge is 0.481 e. The molecule has 1 unspecified atom stereocenters. The van der Waals surface area contributed by atoms with Crippen molar-refractivity contribution in [3.8, 4) is 11.8 Å². The van der Waals surface area contributed by atoms with Crippen molar-refractivity contribution in [1.29, 1.82) is 0 Å². The second-order valence-electron chi connectivity index (χ2n) is 5.29. The summed E-state index contributed by atoms with van der Waals surface area (Å²) >= 11 is 3.48. The normalized spacial score (nSPS) is 21.6. The lowest BCUT2D eigenvalue weighted by molar-refractivity contribution is -0.0728. The van der Waals surface area contributed by atoms with Crippen LogP contribution in [0, 0.1) is 0 Å². The summed E-state index contributed by atoms with van der Waals surface area (Å²) in [6.45, 7) is 5.57. The van der Waals surface area contributed by atoms with E-state index in [0.717, 1.165) is 11.9 Å². The van der Waals surface area contributed by atoms with Gasteiger partial charge < -0.3 is 19.1 Å². The number of hydrogen-bond donors (Lipinski definition) is 0. The first kappa shape index (κ1) is 15.3. The van der Waals surface area contributed by atoms with Crippen LogP contribution in [0.25, 0.3) is 0 Å². The first-order valence-electron chi connectivity index (χ1n) is 6.43. The molecule has 1 saturated heterocycles. The minimum atomic E-state index is -0.254. The van der Waals surface area contributed by atoms with Gasteiger partial charge in [0.25, 0.3) is 0 Å². The van der Waals surface area contributed by atoms with Gasteiger partial charge in [0.05, 0.1) is 32.0 Å². The summed E-state index contributed by atoms with van der Waals surface area (Å²) in [5, 5.41) is 0.772. The smallest absolute Gasteiger partial charge is 0.232 e. The van der Waals surface area contributed by atoms with Crippen molar-refractivity contribution in [3.05, 3.63) is 6.07 Å². The molecule has 112 valence electrons. The van der Waals surface area contributed by atoms with E-state index >= 15 is 0 Å². The second kappa shape index (κ2) is 6.13. The molecule has 2 rings (SSSR count). The Kier molecular flexibility index (Phi) is 4.70. The summed E-state index contributed by atoms with van der Waals surface area (Å²) in [5.41, 5.74) is -0.254. The third-order valence-corrected chi connectivity index (χ3v) is 3.74. The van der Waals surface area contributed by atoms with E-state index in [-0.39, 0.29) is 11.7 Å². The molecule has 0 amide bonds. The lowest BCUT2D eigenvalue weighted by Crippen LogP contribution is -2.54. The van der Waals surface area contributed by atoms with Gasteiger partial charge in [-0.05, 0) is 13.8 Å². The first-order valence-corrected chi connectivity index (χ1v) is 7.55. The predicted octanol–water partition coefficient (Wildman–Crippen LogP) is 1.87. The minimum absolute atomic E-state index is 0.0968. The molecular formula is C13H20BrN3O3. The average Bonchev–Trinajstić information content (AvgIpc) is 2.44. The molecule has 0 bridgehead atoms. The van der Waals surface area contributed by atoms with Gasteiger partial charge in [0.15, 0.2) is 0 Å². The van der Waals surface area contributed by atoms with Crippen LogP contribution >= 0.6 is 15.9 Å². The van der Waals surface area contributed by atoms with Crippen molar-refractivity contribution in [2.24, 2.45) is 0 Å². The Balaban J connectivity index is 2.29. The number of anilines is 1. The highest BCUT2D eigenvalue weighted by molar-refractivity contribution is 9.09. The fourth-order valence-corrected chi connectivity index (χ4v) is 2.61. The van der Waals surface area contributed by atoms with Gasteiger partial charge >= 0.3 is 0 Å². The molecule has 1 atom stereocenters. The quantitative estimate of drug-likeness (QED) is 0.776. The van der Waals surface area contributed by atoms with E-state index in [1.54, 1.807) is 20.3 Å². The molecule has 1 aliphatic rings. The molecule has 1 aromatic heterocycles. The fraction of sp³-hybridized carbons (Fsp3) is 0.692. The maximum Gasteiger partial charge on any atom is 0.232 e. The van der Waals surface area contributed by atoms with Crippen molar-refractivity contribution in [2.45, 2.75) is 25.6 Å². The lowest BCUT2D eigenvalue weighted by Gasteiger charge is -2.42. The number of nitrogens with zero attached hydrogens (tertiary/aromatic N) is 3. The number of aromatic nitrogens is 2. The lowest BCUT2D eigenvalue weighted by atomic mass is 10.1. The van der Waals surface area contributed by atoms with Crippen LogP contribution in [-0.4, -0.2) is 54.3 Å². The van der Waals surface area contributed by atoms with Gasteiger partial charge in [-0.2, -0.15) is 9.97 Å². The molecule has 2 heterocycles. The molecule has 0 radical (unpaired) electrons. The van der Waals surface area contributed by atoms with E-state index in [1.807, 2.05) is 0 Å². The van der Waals surface area contributed by atoms with Gasteiger partial charge in [-0.1, -0.05) is 15.9 Å². The number of halogens is 1. The molecule has 7 heteroatoms. The van der Waals surface area contributed by atoms with Crippen LogP contribution in [0.3, 0.4) is 0 Å². The summed E-state index contributed by atoms with van der Waals surface area (Å²) in [6.07, 6.45) is 0.0968. The van der Waals surface area contributed by atoms with E-state index in [2.05, 4.69) is 44.6 Å². The number of rotatable bonds is 4. The van der Waals surface area contributed by atoms with Gasteiger partial charge in [0.1, 0.15) is 0 Å². The third-order valence-electron chi connectivity index (χ3n) is 3.02. The van der Waals surface area contributed by atoms with E-state index < -0.39 is 0 Å². The van der Waals surface area contributed by atoms with Crippen molar-refractivity contribution in [3.63, 3.8) is 0 Å². The minimum Gasteiger partial charge on any atom is -0.481 e. The van der Waals surface area contributed by atoms with Gasteiger partial charge in [-0.3, -0.25) is 0 Å². The summed E-state index contributed by atoms with van der Waals surface area (Å²) in [5.74, 6) is 1.58. The van der Waals surface area contributed by atoms with Crippen LogP contribution in [0.2, 0.25) is 0 Å². The van der Waals surface area contributed by atoms with Gasteiger partial charge in [0, 0.05) is 18.4 Å². The summed E-state index contributed by atoms with van der Waals surface area (Å²) < 4.78 is 16.4. The number of morpholine rings is 1. The highest BCUT2D eigenvalue weighted by Gasteiger charge is 2.34. The Bertz CT molecular complexity index is 448. The third kappa shape index (κ3) is 3.52. The molecule has 1 fully saturated rings. The maximum atomic E-state index is 5.98. The molecule has 0 aromatic carbocycles. The Morgan fingerprint density at radius 1 is 1.35 bits per heavy atom. The van der Waals surface area contributed by atoms with E-state index in [4.69, 9.17) is 14.2 Å². The topological polar surface area (TPSA) is 56.7 Å². The van der Waals surface area contributed by atoms with Crippen LogP contribution in [0.15, 0.2) is 6.07 Å². The van der Waals surface area contributed by atoms with Crippen LogP contribution in [-0.2, 0) is 4.74 Å². The molecule has 1 aromatic rings. The zero-order valence-electron chi connectivity index (χ0n) is 12.2. The monoisotopic (exact) mass is 345 g/mol. The summed E-state index contributed by atoms with van der Waals surface area (Å²) in [7, 11) is 3.16. The Morgan fingerprint density at radius 2 is 1.95 bits per heavy atom. The van der Waals surface area contributed by atoms with Crippen molar-refractivity contribution < 1.29 is 14.2 Å².